The summed E-state index contributed by atoms with van der Waals surface area (Å²) in [5.41, 5.74) is 2.04. The van der Waals surface area contributed by atoms with Gasteiger partial charge in [0.2, 0.25) is 0 Å². The molecule has 0 aliphatic rings. The first-order chi connectivity index (χ1) is 9.83. The number of nitrogens with zero attached hydrogens (tertiary/aromatic N) is 1. The van der Waals surface area contributed by atoms with Crippen molar-refractivity contribution in [2.45, 2.75) is 26.3 Å². The molecule has 0 radical (unpaired) electrons. The molecule has 0 fully saturated rings. The van der Waals surface area contributed by atoms with E-state index in [2.05, 4.69) is 15.6 Å². The summed E-state index contributed by atoms with van der Waals surface area (Å²) in [6.07, 6.45) is -0.611. The van der Waals surface area contributed by atoms with E-state index in [0.29, 0.717) is 15.7 Å². The van der Waals surface area contributed by atoms with Crippen LogP contribution in [0.1, 0.15) is 20.8 Å². The van der Waals surface area contributed by atoms with Crippen molar-refractivity contribution in [3.05, 3.63) is 34.8 Å². The number of amides is 1. The summed E-state index contributed by atoms with van der Waals surface area (Å²) < 4.78 is 5.22. The summed E-state index contributed by atoms with van der Waals surface area (Å²) in [6, 6.07) is 6.83. The van der Waals surface area contributed by atoms with E-state index in [1.807, 2.05) is 20.8 Å². The highest BCUT2D eigenvalue weighted by atomic mass is 35.5. The Bertz CT molecular complexity index is 637. The van der Waals surface area contributed by atoms with E-state index in [1.165, 1.54) is 11.3 Å². The van der Waals surface area contributed by atoms with E-state index in [0.717, 1.165) is 0 Å². The van der Waals surface area contributed by atoms with Crippen molar-refractivity contribution in [1.29, 1.82) is 0 Å². The summed E-state index contributed by atoms with van der Waals surface area (Å²) in [6.45, 7) is 6.05. The van der Waals surface area contributed by atoms with Crippen LogP contribution in [0.4, 0.5) is 15.5 Å². The van der Waals surface area contributed by atoms with Gasteiger partial charge in [-0.05, 0) is 39.0 Å². The predicted molar refractivity (Wildman–Crippen MR) is 86.6 cm³/mol. The third kappa shape index (κ3) is 4.91. The van der Waals surface area contributed by atoms with E-state index in [-0.39, 0.29) is 11.4 Å². The van der Waals surface area contributed by atoms with Gasteiger partial charge in [-0.1, -0.05) is 17.7 Å². The van der Waals surface area contributed by atoms with Gasteiger partial charge in [-0.15, -0.1) is 11.3 Å². The SMILES string of the molecule is CC(C)(C)Nc1scnc1OC(=O)Nc1cccc(Cl)c1. The Morgan fingerprint density at radius 3 is 2.81 bits per heavy atom. The van der Waals surface area contributed by atoms with Gasteiger partial charge < -0.3 is 10.1 Å². The molecule has 7 heteroatoms. The van der Waals surface area contributed by atoms with Gasteiger partial charge in [0, 0.05) is 16.2 Å². The number of halogens is 1. The van der Waals surface area contributed by atoms with Gasteiger partial charge >= 0.3 is 6.09 Å². The average molecular weight is 326 g/mol. The summed E-state index contributed by atoms with van der Waals surface area (Å²) in [5, 5.41) is 7.09. The molecule has 1 aromatic heterocycles. The van der Waals surface area contributed by atoms with E-state index in [9.17, 15) is 4.79 Å². The number of carbonyl (C=O) groups is 1. The monoisotopic (exact) mass is 325 g/mol. The summed E-state index contributed by atoms with van der Waals surface area (Å²) in [4.78, 5) is 15.9. The number of anilines is 2. The minimum atomic E-state index is -0.611. The fourth-order valence-corrected chi connectivity index (χ4v) is 2.53. The van der Waals surface area contributed by atoms with Crippen LogP contribution in [0.2, 0.25) is 5.02 Å². The molecular weight excluding hydrogens is 310 g/mol. The topological polar surface area (TPSA) is 63.3 Å². The largest absolute Gasteiger partial charge is 0.418 e. The Morgan fingerprint density at radius 1 is 1.38 bits per heavy atom. The van der Waals surface area contributed by atoms with Crippen LogP contribution >= 0.6 is 22.9 Å². The lowest BCUT2D eigenvalue weighted by molar-refractivity contribution is 0.214. The maximum atomic E-state index is 11.9. The molecule has 0 spiro atoms. The Balaban J connectivity index is 2.02. The summed E-state index contributed by atoms with van der Waals surface area (Å²) in [7, 11) is 0. The number of nitrogens with one attached hydrogen (secondary N) is 2. The fourth-order valence-electron chi connectivity index (χ4n) is 1.53. The molecule has 2 rings (SSSR count). The third-order valence-electron chi connectivity index (χ3n) is 2.28. The summed E-state index contributed by atoms with van der Waals surface area (Å²) in [5.74, 6) is 0.259. The first kappa shape index (κ1) is 15.6. The zero-order valence-electron chi connectivity index (χ0n) is 11.9. The van der Waals surface area contributed by atoms with E-state index < -0.39 is 6.09 Å². The van der Waals surface area contributed by atoms with Crippen molar-refractivity contribution < 1.29 is 9.53 Å². The third-order valence-corrected chi connectivity index (χ3v) is 3.24. The van der Waals surface area contributed by atoms with Gasteiger partial charge in [0.15, 0.2) is 5.00 Å². The lowest BCUT2D eigenvalue weighted by Crippen LogP contribution is -2.26. The van der Waals surface area contributed by atoms with Crippen LogP contribution in [0.3, 0.4) is 0 Å². The Kier molecular flexibility index (Phi) is 4.69. The molecule has 0 saturated carbocycles. The van der Waals surface area contributed by atoms with Crippen molar-refractivity contribution in [3.63, 3.8) is 0 Å². The number of hydrogen-bond acceptors (Lipinski definition) is 5. The van der Waals surface area contributed by atoms with Gasteiger partial charge in [0.25, 0.3) is 5.88 Å². The molecule has 0 saturated heterocycles. The predicted octanol–water partition coefficient (Wildman–Crippen LogP) is 4.62. The van der Waals surface area contributed by atoms with Crippen LogP contribution in [0.25, 0.3) is 0 Å². The van der Waals surface area contributed by atoms with Crippen molar-refractivity contribution >= 4 is 39.7 Å². The zero-order chi connectivity index (χ0) is 15.5. The molecule has 5 nitrogen and oxygen atoms in total. The molecule has 2 aromatic rings. The second-order valence-electron chi connectivity index (χ2n) is 5.39. The lowest BCUT2D eigenvalue weighted by atomic mass is 10.1. The molecule has 0 aliphatic carbocycles. The van der Waals surface area contributed by atoms with Crippen LogP contribution in [0.5, 0.6) is 5.88 Å². The maximum Gasteiger partial charge on any atom is 0.418 e. The molecule has 1 amide bonds. The van der Waals surface area contributed by atoms with E-state index >= 15 is 0 Å². The highest BCUT2D eigenvalue weighted by molar-refractivity contribution is 7.14. The molecule has 112 valence electrons. The first-order valence-electron chi connectivity index (χ1n) is 6.29. The highest BCUT2D eigenvalue weighted by Crippen LogP contribution is 2.30. The second-order valence-corrected chi connectivity index (χ2v) is 6.68. The van der Waals surface area contributed by atoms with Crippen LogP contribution in [-0.4, -0.2) is 16.6 Å². The van der Waals surface area contributed by atoms with Crippen LogP contribution in [0.15, 0.2) is 29.8 Å². The van der Waals surface area contributed by atoms with E-state index in [1.54, 1.807) is 29.8 Å². The zero-order valence-corrected chi connectivity index (χ0v) is 13.5. The highest BCUT2D eigenvalue weighted by Gasteiger charge is 2.17. The van der Waals surface area contributed by atoms with Crippen molar-refractivity contribution in [2.75, 3.05) is 10.6 Å². The van der Waals surface area contributed by atoms with Crippen molar-refractivity contribution in [1.82, 2.24) is 4.98 Å². The number of rotatable bonds is 3. The Labute approximate surface area is 132 Å². The van der Waals surface area contributed by atoms with Crippen LogP contribution in [-0.2, 0) is 0 Å². The number of carbonyl (C=O) groups excluding carboxylic acids is 1. The molecule has 21 heavy (non-hydrogen) atoms. The Morgan fingerprint density at radius 2 is 2.14 bits per heavy atom. The van der Waals surface area contributed by atoms with Gasteiger partial charge in [-0.2, -0.15) is 0 Å². The molecule has 0 aliphatic heterocycles. The maximum absolute atomic E-state index is 11.9. The van der Waals surface area contributed by atoms with Crippen LogP contribution in [0, 0.1) is 0 Å². The minimum absolute atomic E-state index is 0.145. The molecule has 1 aromatic carbocycles. The van der Waals surface area contributed by atoms with Gasteiger partial charge in [0.1, 0.15) is 0 Å². The lowest BCUT2D eigenvalue weighted by Gasteiger charge is -2.20. The standard InChI is InChI=1S/C14H16ClN3O2S/c1-14(2,3)18-12-11(16-8-21-12)20-13(19)17-10-6-4-5-9(15)7-10/h4-8,18H,1-3H3,(H,17,19). The quantitative estimate of drug-likeness (QED) is 0.864. The Hall–Kier alpha value is -1.79. The number of benzene rings is 1. The average Bonchev–Trinajstić information content (AvgIpc) is 2.74. The molecule has 1 heterocycles. The normalized spacial score (nSPS) is 11.0. The number of ether oxygens (including phenoxy) is 1. The molecule has 2 N–H and O–H groups in total. The molecular formula is C14H16ClN3O2S. The van der Waals surface area contributed by atoms with Crippen molar-refractivity contribution in [2.24, 2.45) is 0 Å². The molecule has 0 atom stereocenters. The molecule has 0 unspecified atom stereocenters. The van der Waals surface area contributed by atoms with Crippen molar-refractivity contribution in [3.8, 4) is 5.88 Å². The van der Waals surface area contributed by atoms with Gasteiger partial charge in [0.05, 0.1) is 5.51 Å². The van der Waals surface area contributed by atoms with Gasteiger partial charge in [-0.3, -0.25) is 5.32 Å². The van der Waals surface area contributed by atoms with Gasteiger partial charge in [-0.25, -0.2) is 9.78 Å². The smallest absolute Gasteiger partial charge is 0.388 e. The fraction of sp³-hybridized carbons (Fsp3) is 0.286. The first-order valence-corrected chi connectivity index (χ1v) is 7.55. The number of hydrogen-bond donors (Lipinski definition) is 2. The molecule has 0 bridgehead atoms. The van der Waals surface area contributed by atoms with E-state index in [4.69, 9.17) is 16.3 Å². The minimum Gasteiger partial charge on any atom is -0.388 e. The number of aromatic nitrogens is 1. The summed E-state index contributed by atoms with van der Waals surface area (Å²) >= 11 is 7.23. The van der Waals surface area contributed by atoms with Crippen LogP contribution < -0.4 is 15.4 Å². The number of thiazole rings is 1. The second kappa shape index (κ2) is 6.32.